The molecule has 190 valence electrons. The van der Waals surface area contributed by atoms with Gasteiger partial charge in [-0.25, -0.2) is 0 Å². The van der Waals surface area contributed by atoms with Crippen LogP contribution >= 0.6 is 0 Å². The molecule has 4 aliphatic rings. The number of carbonyl (C=O) groups is 4. The zero-order valence-electron chi connectivity index (χ0n) is 22.0. The van der Waals surface area contributed by atoms with E-state index >= 15 is 0 Å². The maximum atomic E-state index is 13.2. The normalized spacial score (nSPS) is 44.4. The molecule has 0 aromatic heterocycles. The van der Waals surface area contributed by atoms with Crippen molar-refractivity contribution in [2.24, 2.45) is 58.2 Å². The fourth-order valence-corrected chi connectivity index (χ4v) is 9.71. The number of ketones is 3. The van der Waals surface area contributed by atoms with Gasteiger partial charge in [-0.2, -0.15) is 0 Å². The van der Waals surface area contributed by atoms with E-state index in [0.29, 0.717) is 54.6 Å². The van der Waals surface area contributed by atoms with E-state index in [2.05, 4.69) is 20.8 Å². The van der Waals surface area contributed by atoms with Crippen LogP contribution < -0.4 is 0 Å². The summed E-state index contributed by atoms with van der Waals surface area (Å²) in [5, 5.41) is 0. The quantitative estimate of drug-likeness (QED) is 0.482. The van der Waals surface area contributed by atoms with Gasteiger partial charge in [0.05, 0.1) is 7.11 Å². The maximum absolute atomic E-state index is 13.2. The van der Waals surface area contributed by atoms with Crippen LogP contribution in [0.5, 0.6) is 0 Å². The third kappa shape index (κ3) is 3.89. The van der Waals surface area contributed by atoms with Crippen molar-refractivity contribution in [1.82, 2.24) is 0 Å². The average Bonchev–Trinajstić information content (AvgIpc) is 3.14. The molecule has 10 atom stereocenters. The number of fused-ring (bicyclic) bond motifs is 5. The molecule has 4 saturated carbocycles. The summed E-state index contributed by atoms with van der Waals surface area (Å²) < 4.78 is 4.88. The van der Waals surface area contributed by atoms with Gasteiger partial charge in [0.2, 0.25) is 0 Å². The van der Waals surface area contributed by atoms with Gasteiger partial charge < -0.3 is 4.74 Å². The van der Waals surface area contributed by atoms with Gasteiger partial charge in [-0.15, -0.1) is 0 Å². The van der Waals surface area contributed by atoms with Gasteiger partial charge in [-0.05, 0) is 98.7 Å². The molecule has 4 aliphatic carbocycles. The molecule has 34 heavy (non-hydrogen) atoms. The Bertz CT molecular complexity index is 863. The first-order chi connectivity index (χ1) is 15.9. The highest BCUT2D eigenvalue weighted by molar-refractivity contribution is 5.82. The maximum Gasteiger partial charge on any atom is 0.305 e. The fraction of sp³-hybridized carbons (Fsp3) is 0.862. The Morgan fingerprint density at radius 2 is 1.76 bits per heavy atom. The van der Waals surface area contributed by atoms with Crippen LogP contribution in [0.3, 0.4) is 0 Å². The van der Waals surface area contributed by atoms with Gasteiger partial charge in [0.25, 0.3) is 0 Å². The smallest absolute Gasteiger partial charge is 0.305 e. The van der Waals surface area contributed by atoms with Gasteiger partial charge in [0.15, 0.2) is 0 Å². The molecule has 5 heteroatoms. The van der Waals surface area contributed by atoms with Gasteiger partial charge in [-0.3, -0.25) is 19.2 Å². The highest BCUT2D eigenvalue weighted by atomic mass is 16.5. The zero-order valence-corrected chi connectivity index (χ0v) is 22.0. The summed E-state index contributed by atoms with van der Waals surface area (Å²) >= 11 is 0. The highest BCUT2D eigenvalue weighted by Gasteiger charge is 2.67. The topological polar surface area (TPSA) is 77.5 Å². The van der Waals surface area contributed by atoms with Crippen LogP contribution in [0, 0.1) is 58.2 Å². The minimum atomic E-state index is -0.173. The molecule has 0 aromatic rings. The largest absolute Gasteiger partial charge is 0.469 e. The Morgan fingerprint density at radius 3 is 2.38 bits per heavy atom. The molecular formula is C29H44O5. The number of esters is 1. The summed E-state index contributed by atoms with van der Waals surface area (Å²) in [5.41, 5.74) is -0.113. The van der Waals surface area contributed by atoms with E-state index in [-0.39, 0.29) is 46.1 Å². The first-order valence-corrected chi connectivity index (χ1v) is 13.5. The van der Waals surface area contributed by atoms with Crippen molar-refractivity contribution in [3.8, 4) is 0 Å². The number of ether oxygens (including phenoxy) is 1. The molecular weight excluding hydrogens is 428 g/mol. The summed E-state index contributed by atoms with van der Waals surface area (Å²) in [6.07, 6.45) is 7.11. The van der Waals surface area contributed by atoms with Gasteiger partial charge >= 0.3 is 5.97 Å². The third-order valence-electron chi connectivity index (χ3n) is 11.5. The molecule has 0 heterocycles. The molecule has 0 N–H and O–H groups in total. The predicted molar refractivity (Wildman–Crippen MR) is 130 cm³/mol. The van der Waals surface area contributed by atoms with Crippen molar-refractivity contribution < 1.29 is 23.9 Å². The molecule has 0 amide bonds. The first-order valence-electron chi connectivity index (χ1n) is 13.5. The second kappa shape index (κ2) is 9.17. The number of hydrogen-bond acceptors (Lipinski definition) is 5. The van der Waals surface area contributed by atoms with E-state index in [4.69, 9.17) is 4.74 Å². The molecule has 4 rings (SSSR count). The molecule has 0 saturated heterocycles. The number of hydrogen-bond donors (Lipinski definition) is 0. The van der Waals surface area contributed by atoms with Crippen molar-refractivity contribution in [3.05, 3.63) is 0 Å². The SMILES string of the molecule is COC(=O)CC[C@@H](C)[C@H]1CC[C@H]2[C@@H]3C(C(C)=O)CC4CC(=O)CC[C@]4(C)[C@H]3CC(C(C)=O)[C@]12C. The lowest BCUT2D eigenvalue weighted by Crippen LogP contribution is -2.61. The van der Waals surface area contributed by atoms with Gasteiger partial charge in [0.1, 0.15) is 17.3 Å². The monoisotopic (exact) mass is 472 g/mol. The van der Waals surface area contributed by atoms with E-state index in [1.54, 1.807) is 13.8 Å². The van der Waals surface area contributed by atoms with Crippen molar-refractivity contribution >= 4 is 23.3 Å². The van der Waals surface area contributed by atoms with Gasteiger partial charge in [0, 0.05) is 31.1 Å². The number of Topliss-reactive ketones (excluding diaryl/α,β-unsaturated/α-hetero) is 3. The van der Waals surface area contributed by atoms with Crippen LogP contribution in [-0.4, -0.2) is 30.4 Å². The van der Waals surface area contributed by atoms with Crippen molar-refractivity contribution in [1.29, 1.82) is 0 Å². The standard InChI is InChI=1S/C29H44O5/c1-16(7-10-26(33)34-6)22-8-9-23-27-21(17(2)30)14-19-13-20(32)11-12-28(19,4)25(27)15-24(18(3)31)29(22,23)5/h16,19,21-25,27H,7-15H2,1-6H3/t16-,19?,21?,22-,23+,24?,25+,27+,28+,29-/m1/s1. The summed E-state index contributed by atoms with van der Waals surface area (Å²) in [6.45, 7) is 10.4. The number of methoxy groups -OCH3 is 1. The summed E-state index contributed by atoms with van der Waals surface area (Å²) in [5.74, 6) is 2.59. The second-order valence-corrected chi connectivity index (χ2v) is 12.7. The van der Waals surface area contributed by atoms with E-state index in [0.717, 1.165) is 38.5 Å². The molecule has 0 aromatic carbocycles. The average molecular weight is 473 g/mol. The van der Waals surface area contributed by atoms with Crippen LogP contribution in [0.1, 0.15) is 92.4 Å². The van der Waals surface area contributed by atoms with E-state index in [1.807, 2.05) is 0 Å². The Labute approximate surface area is 205 Å². The molecule has 0 radical (unpaired) electrons. The Balaban J connectivity index is 1.72. The van der Waals surface area contributed by atoms with Crippen LogP contribution in [0.4, 0.5) is 0 Å². The zero-order chi connectivity index (χ0) is 25.0. The van der Waals surface area contributed by atoms with Crippen LogP contribution in [0.25, 0.3) is 0 Å². The van der Waals surface area contributed by atoms with E-state index in [1.165, 1.54) is 7.11 Å². The second-order valence-electron chi connectivity index (χ2n) is 12.7. The molecule has 5 nitrogen and oxygen atoms in total. The third-order valence-corrected chi connectivity index (χ3v) is 11.5. The predicted octanol–water partition coefficient (Wildman–Crippen LogP) is 5.43. The summed E-state index contributed by atoms with van der Waals surface area (Å²) in [7, 11) is 1.44. The molecule has 0 spiro atoms. The van der Waals surface area contributed by atoms with Crippen molar-refractivity contribution in [2.45, 2.75) is 92.4 Å². The minimum Gasteiger partial charge on any atom is -0.469 e. The minimum absolute atomic E-state index is 0.00432. The lowest BCUT2D eigenvalue weighted by atomic mass is 9.39. The van der Waals surface area contributed by atoms with E-state index < -0.39 is 0 Å². The number of rotatable bonds is 6. The number of carbonyl (C=O) groups excluding carboxylic acids is 4. The summed E-state index contributed by atoms with van der Waals surface area (Å²) in [4.78, 5) is 50.5. The lowest BCUT2D eigenvalue weighted by Gasteiger charge is -2.64. The Morgan fingerprint density at radius 1 is 1.06 bits per heavy atom. The Hall–Kier alpha value is -1.52. The molecule has 0 aliphatic heterocycles. The molecule has 0 bridgehead atoms. The van der Waals surface area contributed by atoms with E-state index in [9.17, 15) is 19.2 Å². The van der Waals surface area contributed by atoms with Gasteiger partial charge in [-0.1, -0.05) is 20.8 Å². The molecule has 3 unspecified atom stereocenters. The van der Waals surface area contributed by atoms with Crippen LogP contribution in [-0.2, 0) is 23.9 Å². The highest BCUT2D eigenvalue weighted by Crippen LogP contribution is 2.71. The first kappa shape index (κ1) is 25.6. The van der Waals surface area contributed by atoms with Crippen molar-refractivity contribution in [2.75, 3.05) is 7.11 Å². The fourth-order valence-electron chi connectivity index (χ4n) is 9.71. The van der Waals surface area contributed by atoms with Crippen LogP contribution in [0.2, 0.25) is 0 Å². The summed E-state index contributed by atoms with van der Waals surface area (Å²) in [6, 6.07) is 0. The lowest BCUT2D eigenvalue weighted by molar-refractivity contribution is -0.177. The Kier molecular flexibility index (Phi) is 6.89. The molecule has 4 fully saturated rings. The van der Waals surface area contributed by atoms with Crippen LogP contribution in [0.15, 0.2) is 0 Å². The van der Waals surface area contributed by atoms with Crippen molar-refractivity contribution in [3.63, 3.8) is 0 Å².